The van der Waals surface area contributed by atoms with E-state index in [0.717, 1.165) is 6.54 Å². The van der Waals surface area contributed by atoms with Crippen molar-refractivity contribution in [2.75, 3.05) is 0 Å². The van der Waals surface area contributed by atoms with Gasteiger partial charge in [-0.15, -0.1) is 6.42 Å². The van der Waals surface area contributed by atoms with Gasteiger partial charge in [0.05, 0.1) is 5.02 Å². The molecule has 0 unspecified atom stereocenters. The van der Waals surface area contributed by atoms with Crippen molar-refractivity contribution in [1.82, 2.24) is 9.78 Å². The first-order chi connectivity index (χ1) is 4.77. The molecule has 0 aliphatic heterocycles. The highest BCUT2D eigenvalue weighted by atomic mass is 35.5. The molecule has 0 fully saturated rings. The monoisotopic (exact) mass is 154 g/mol. The van der Waals surface area contributed by atoms with Crippen molar-refractivity contribution in [3.8, 4) is 12.3 Å². The number of halogens is 1. The van der Waals surface area contributed by atoms with Gasteiger partial charge in [0.2, 0.25) is 0 Å². The van der Waals surface area contributed by atoms with Gasteiger partial charge in [-0.2, -0.15) is 5.10 Å². The van der Waals surface area contributed by atoms with Crippen LogP contribution in [0.5, 0.6) is 0 Å². The molecule has 0 amide bonds. The molecular formula is C7H7ClN2. The highest BCUT2D eigenvalue weighted by molar-refractivity contribution is 6.31. The highest BCUT2D eigenvalue weighted by Gasteiger charge is 2.00. The Morgan fingerprint density at radius 1 is 1.90 bits per heavy atom. The van der Waals surface area contributed by atoms with Gasteiger partial charge in [0.15, 0.2) is 5.69 Å². The normalized spacial score (nSPS) is 9.30. The number of terminal acetylenes is 1. The Hall–Kier alpha value is -0.940. The molecule has 1 rings (SSSR count). The number of aromatic nitrogens is 2. The molecule has 0 bridgehead atoms. The van der Waals surface area contributed by atoms with Crippen LogP contribution in [0.15, 0.2) is 6.20 Å². The van der Waals surface area contributed by atoms with E-state index in [2.05, 4.69) is 11.0 Å². The summed E-state index contributed by atoms with van der Waals surface area (Å²) < 4.78 is 1.71. The van der Waals surface area contributed by atoms with Gasteiger partial charge in [0.25, 0.3) is 0 Å². The quantitative estimate of drug-likeness (QED) is 0.561. The standard InChI is InChI=1S/C7H7ClN2/c1-3-7-6(8)5-10(4-2)9-7/h1,5H,4H2,2H3. The van der Waals surface area contributed by atoms with Crippen LogP contribution in [0.3, 0.4) is 0 Å². The summed E-state index contributed by atoms with van der Waals surface area (Å²) in [6.45, 7) is 2.77. The zero-order valence-electron chi connectivity index (χ0n) is 5.63. The summed E-state index contributed by atoms with van der Waals surface area (Å²) >= 11 is 5.70. The molecule has 0 aliphatic rings. The van der Waals surface area contributed by atoms with Crippen LogP contribution in [0.25, 0.3) is 0 Å². The Kier molecular flexibility index (Phi) is 1.98. The lowest BCUT2D eigenvalue weighted by molar-refractivity contribution is 0.657. The third kappa shape index (κ3) is 1.14. The first kappa shape index (κ1) is 7.17. The fourth-order valence-electron chi connectivity index (χ4n) is 0.657. The summed E-state index contributed by atoms with van der Waals surface area (Å²) in [5, 5.41) is 4.54. The van der Waals surface area contributed by atoms with Crippen molar-refractivity contribution >= 4 is 11.6 Å². The van der Waals surface area contributed by atoms with E-state index in [4.69, 9.17) is 18.0 Å². The van der Waals surface area contributed by atoms with Crippen LogP contribution < -0.4 is 0 Å². The minimum absolute atomic E-state index is 0.517. The SMILES string of the molecule is C#Cc1nn(CC)cc1Cl. The molecule has 1 aromatic heterocycles. The Morgan fingerprint density at radius 2 is 2.60 bits per heavy atom. The Balaban J connectivity index is 3.07. The Morgan fingerprint density at radius 3 is 2.90 bits per heavy atom. The number of nitrogens with zero attached hydrogens (tertiary/aromatic N) is 2. The molecule has 0 spiro atoms. The highest BCUT2D eigenvalue weighted by Crippen LogP contribution is 2.11. The van der Waals surface area contributed by atoms with Gasteiger partial charge in [-0.25, -0.2) is 0 Å². The summed E-state index contributed by atoms with van der Waals surface area (Å²) in [4.78, 5) is 0. The summed E-state index contributed by atoms with van der Waals surface area (Å²) in [5.41, 5.74) is 0.517. The molecule has 10 heavy (non-hydrogen) atoms. The molecule has 3 heteroatoms. The van der Waals surface area contributed by atoms with Crippen LogP contribution in [0.2, 0.25) is 5.02 Å². The lowest BCUT2D eigenvalue weighted by Crippen LogP contribution is -1.93. The van der Waals surface area contributed by atoms with Crippen LogP contribution in [0.4, 0.5) is 0 Å². The second kappa shape index (κ2) is 2.76. The summed E-state index contributed by atoms with van der Waals surface area (Å²) in [5.74, 6) is 2.39. The van der Waals surface area contributed by atoms with Crippen LogP contribution in [-0.4, -0.2) is 9.78 Å². The predicted octanol–water partition coefficient (Wildman–Crippen LogP) is 1.54. The summed E-state index contributed by atoms with van der Waals surface area (Å²) in [6.07, 6.45) is 6.83. The average Bonchev–Trinajstić information content (AvgIpc) is 2.30. The molecule has 0 aromatic carbocycles. The van der Waals surface area contributed by atoms with E-state index < -0.39 is 0 Å². The van der Waals surface area contributed by atoms with Crippen molar-refractivity contribution in [1.29, 1.82) is 0 Å². The molecule has 0 atom stereocenters. The van der Waals surface area contributed by atoms with Gasteiger partial charge < -0.3 is 0 Å². The number of hydrogen-bond acceptors (Lipinski definition) is 1. The average molecular weight is 155 g/mol. The number of aryl methyl sites for hydroxylation is 1. The number of rotatable bonds is 1. The predicted molar refractivity (Wildman–Crippen MR) is 40.8 cm³/mol. The molecule has 0 saturated carbocycles. The molecular weight excluding hydrogens is 148 g/mol. The van der Waals surface area contributed by atoms with Crippen LogP contribution in [-0.2, 0) is 6.54 Å². The van der Waals surface area contributed by atoms with E-state index in [1.54, 1.807) is 10.9 Å². The van der Waals surface area contributed by atoms with Crippen molar-refractivity contribution in [2.24, 2.45) is 0 Å². The number of hydrogen-bond donors (Lipinski definition) is 0. The zero-order valence-corrected chi connectivity index (χ0v) is 6.39. The molecule has 0 aliphatic carbocycles. The lowest BCUT2D eigenvalue weighted by atomic mass is 10.5. The summed E-state index contributed by atoms with van der Waals surface area (Å²) in [7, 11) is 0. The van der Waals surface area contributed by atoms with Crippen LogP contribution in [0, 0.1) is 12.3 Å². The molecule has 52 valence electrons. The first-order valence-electron chi connectivity index (χ1n) is 2.97. The molecule has 1 aromatic rings. The van der Waals surface area contributed by atoms with Crippen molar-refractivity contribution in [2.45, 2.75) is 13.5 Å². The minimum atomic E-state index is 0.517. The van der Waals surface area contributed by atoms with Crippen LogP contribution in [0.1, 0.15) is 12.6 Å². The topological polar surface area (TPSA) is 17.8 Å². The van der Waals surface area contributed by atoms with Crippen LogP contribution >= 0.6 is 11.6 Å². The smallest absolute Gasteiger partial charge is 0.153 e. The van der Waals surface area contributed by atoms with Crippen molar-refractivity contribution in [3.05, 3.63) is 16.9 Å². The van der Waals surface area contributed by atoms with E-state index in [1.807, 2.05) is 6.92 Å². The summed E-state index contributed by atoms with van der Waals surface area (Å²) in [6, 6.07) is 0. The van der Waals surface area contributed by atoms with E-state index in [-0.39, 0.29) is 0 Å². The molecule has 0 saturated heterocycles. The van der Waals surface area contributed by atoms with Gasteiger partial charge in [-0.3, -0.25) is 4.68 Å². The Labute approximate surface area is 64.8 Å². The van der Waals surface area contributed by atoms with E-state index in [1.165, 1.54) is 0 Å². The minimum Gasteiger partial charge on any atom is -0.270 e. The molecule has 0 N–H and O–H groups in total. The fraction of sp³-hybridized carbons (Fsp3) is 0.286. The second-order valence-electron chi connectivity index (χ2n) is 1.83. The molecule has 1 heterocycles. The maximum Gasteiger partial charge on any atom is 0.153 e. The van der Waals surface area contributed by atoms with Gasteiger partial charge in [-0.1, -0.05) is 11.6 Å². The van der Waals surface area contributed by atoms with Crippen molar-refractivity contribution in [3.63, 3.8) is 0 Å². The van der Waals surface area contributed by atoms with E-state index >= 15 is 0 Å². The van der Waals surface area contributed by atoms with E-state index in [0.29, 0.717) is 10.7 Å². The zero-order chi connectivity index (χ0) is 7.56. The fourth-order valence-corrected chi connectivity index (χ4v) is 0.862. The first-order valence-corrected chi connectivity index (χ1v) is 3.35. The third-order valence-corrected chi connectivity index (χ3v) is 1.45. The van der Waals surface area contributed by atoms with Gasteiger partial charge >= 0.3 is 0 Å². The van der Waals surface area contributed by atoms with E-state index in [9.17, 15) is 0 Å². The maximum atomic E-state index is 5.70. The maximum absolute atomic E-state index is 5.70. The van der Waals surface area contributed by atoms with Crippen molar-refractivity contribution < 1.29 is 0 Å². The lowest BCUT2D eigenvalue weighted by Gasteiger charge is -1.88. The molecule has 2 nitrogen and oxygen atoms in total. The molecule has 0 radical (unpaired) electrons. The van der Waals surface area contributed by atoms with Gasteiger partial charge in [0.1, 0.15) is 0 Å². The second-order valence-corrected chi connectivity index (χ2v) is 2.23. The third-order valence-electron chi connectivity index (χ3n) is 1.18. The Bertz CT molecular complexity index is 270. The van der Waals surface area contributed by atoms with Gasteiger partial charge in [0, 0.05) is 12.7 Å². The largest absolute Gasteiger partial charge is 0.270 e. The van der Waals surface area contributed by atoms with Gasteiger partial charge in [-0.05, 0) is 12.8 Å².